The number of methoxy groups -OCH3 is 1. The first-order chi connectivity index (χ1) is 7.54. The number of aryl methyl sites for hydroxylation is 2. The molecule has 0 saturated carbocycles. The van der Waals surface area contributed by atoms with Gasteiger partial charge in [-0.2, -0.15) is 0 Å². The average molecular weight is 227 g/mol. The van der Waals surface area contributed by atoms with Crippen molar-refractivity contribution in [3.05, 3.63) is 23.2 Å². The van der Waals surface area contributed by atoms with Crippen LogP contribution < -0.4 is 5.32 Å². The second-order valence-corrected chi connectivity index (χ2v) is 3.59. The van der Waals surface area contributed by atoms with Crippen molar-refractivity contribution in [3.63, 3.8) is 0 Å². The smallest absolute Gasteiger partial charge is 0.406 e. The first kappa shape index (κ1) is 12.6. The van der Waals surface area contributed by atoms with E-state index in [2.05, 4.69) is 10.1 Å². The van der Waals surface area contributed by atoms with Crippen LogP contribution in [0.2, 0.25) is 0 Å². The van der Waals surface area contributed by atoms with Gasteiger partial charge in [-0.1, -0.05) is 0 Å². The molecule has 0 aliphatic rings. The molecule has 1 unspecified atom stereocenters. The van der Waals surface area contributed by atoms with Crippen molar-refractivity contribution < 1.29 is 19.1 Å². The van der Waals surface area contributed by atoms with Gasteiger partial charge >= 0.3 is 6.09 Å². The SMILES string of the molecule is COC(=O)NCCC(O)c1cc(C)oc1C. The minimum atomic E-state index is -0.630. The fourth-order valence-electron chi connectivity index (χ4n) is 1.52. The Morgan fingerprint density at radius 1 is 1.62 bits per heavy atom. The molecule has 1 atom stereocenters. The van der Waals surface area contributed by atoms with Crippen molar-refractivity contribution in [3.8, 4) is 0 Å². The molecular formula is C11H17NO4. The molecular weight excluding hydrogens is 210 g/mol. The Labute approximate surface area is 94.4 Å². The van der Waals surface area contributed by atoms with Crippen LogP contribution in [0.5, 0.6) is 0 Å². The van der Waals surface area contributed by atoms with Gasteiger partial charge in [0.15, 0.2) is 0 Å². The van der Waals surface area contributed by atoms with E-state index in [0.717, 1.165) is 11.3 Å². The number of carbonyl (C=O) groups is 1. The first-order valence-corrected chi connectivity index (χ1v) is 5.11. The molecule has 0 aliphatic carbocycles. The Balaban J connectivity index is 2.43. The Morgan fingerprint density at radius 2 is 2.31 bits per heavy atom. The summed E-state index contributed by atoms with van der Waals surface area (Å²) < 4.78 is 9.73. The van der Waals surface area contributed by atoms with Crippen molar-refractivity contribution in [1.82, 2.24) is 5.32 Å². The number of amides is 1. The lowest BCUT2D eigenvalue weighted by Crippen LogP contribution is -2.25. The van der Waals surface area contributed by atoms with E-state index >= 15 is 0 Å². The quantitative estimate of drug-likeness (QED) is 0.820. The molecule has 0 fully saturated rings. The van der Waals surface area contributed by atoms with Crippen LogP contribution in [-0.2, 0) is 4.74 Å². The summed E-state index contributed by atoms with van der Waals surface area (Å²) in [4.78, 5) is 10.8. The summed E-state index contributed by atoms with van der Waals surface area (Å²) in [6.07, 6.45) is -0.698. The molecule has 1 amide bonds. The van der Waals surface area contributed by atoms with E-state index in [1.54, 1.807) is 13.0 Å². The maximum absolute atomic E-state index is 10.8. The maximum Gasteiger partial charge on any atom is 0.406 e. The molecule has 16 heavy (non-hydrogen) atoms. The lowest BCUT2D eigenvalue weighted by atomic mass is 10.1. The van der Waals surface area contributed by atoms with Gasteiger partial charge in [0.05, 0.1) is 13.2 Å². The van der Waals surface area contributed by atoms with Crippen molar-refractivity contribution in [2.75, 3.05) is 13.7 Å². The second kappa shape index (κ2) is 5.55. The zero-order valence-corrected chi connectivity index (χ0v) is 9.74. The largest absolute Gasteiger partial charge is 0.466 e. The molecule has 0 bridgehead atoms. The molecule has 2 N–H and O–H groups in total. The van der Waals surface area contributed by atoms with Gasteiger partial charge < -0.3 is 19.6 Å². The van der Waals surface area contributed by atoms with Crippen LogP contribution in [0.1, 0.15) is 29.6 Å². The summed E-state index contributed by atoms with van der Waals surface area (Å²) in [6, 6.07) is 1.80. The lowest BCUT2D eigenvalue weighted by Gasteiger charge is -2.09. The third kappa shape index (κ3) is 3.27. The highest BCUT2D eigenvalue weighted by Gasteiger charge is 2.14. The second-order valence-electron chi connectivity index (χ2n) is 3.59. The Bertz CT molecular complexity index is 359. The van der Waals surface area contributed by atoms with Crippen molar-refractivity contribution in [2.45, 2.75) is 26.4 Å². The highest BCUT2D eigenvalue weighted by molar-refractivity contribution is 5.66. The van der Waals surface area contributed by atoms with Gasteiger partial charge in [-0.15, -0.1) is 0 Å². The van der Waals surface area contributed by atoms with E-state index in [1.165, 1.54) is 7.11 Å². The molecule has 5 heteroatoms. The number of aliphatic hydroxyl groups is 1. The number of alkyl carbamates (subject to hydrolysis) is 1. The molecule has 0 saturated heterocycles. The summed E-state index contributed by atoms with van der Waals surface area (Å²) in [7, 11) is 1.30. The highest BCUT2D eigenvalue weighted by atomic mass is 16.5. The molecule has 1 aromatic rings. The maximum atomic E-state index is 10.8. The van der Waals surface area contributed by atoms with Gasteiger partial charge in [0, 0.05) is 12.1 Å². The van der Waals surface area contributed by atoms with Gasteiger partial charge in [0.2, 0.25) is 0 Å². The van der Waals surface area contributed by atoms with E-state index in [0.29, 0.717) is 18.7 Å². The normalized spacial score (nSPS) is 12.2. The van der Waals surface area contributed by atoms with Crippen molar-refractivity contribution in [1.29, 1.82) is 0 Å². The minimum Gasteiger partial charge on any atom is -0.466 e. The number of hydrogen-bond donors (Lipinski definition) is 2. The number of carbonyl (C=O) groups excluding carboxylic acids is 1. The van der Waals surface area contributed by atoms with E-state index in [4.69, 9.17) is 4.42 Å². The number of nitrogens with one attached hydrogen (secondary N) is 1. The zero-order chi connectivity index (χ0) is 12.1. The summed E-state index contributed by atoms with van der Waals surface area (Å²) in [5, 5.41) is 12.4. The van der Waals surface area contributed by atoms with Crippen molar-refractivity contribution in [2.24, 2.45) is 0 Å². The Kier molecular flexibility index (Phi) is 4.37. The molecule has 0 aliphatic heterocycles. The van der Waals surface area contributed by atoms with Crippen LogP contribution in [0.15, 0.2) is 10.5 Å². The zero-order valence-electron chi connectivity index (χ0n) is 9.74. The molecule has 0 aromatic carbocycles. The topological polar surface area (TPSA) is 71.7 Å². The van der Waals surface area contributed by atoms with Crippen LogP contribution >= 0.6 is 0 Å². The molecule has 1 rings (SSSR count). The molecule has 1 aromatic heterocycles. The third-order valence-corrected chi connectivity index (χ3v) is 2.31. The Hall–Kier alpha value is -1.49. The molecule has 0 spiro atoms. The number of rotatable bonds is 4. The van der Waals surface area contributed by atoms with Crippen LogP contribution in [-0.4, -0.2) is 24.9 Å². The summed E-state index contributed by atoms with van der Waals surface area (Å²) in [5.41, 5.74) is 0.768. The first-order valence-electron chi connectivity index (χ1n) is 5.11. The van der Waals surface area contributed by atoms with E-state index in [-0.39, 0.29) is 0 Å². The monoisotopic (exact) mass is 227 g/mol. The van der Waals surface area contributed by atoms with Gasteiger partial charge in [-0.05, 0) is 26.3 Å². The number of hydrogen-bond acceptors (Lipinski definition) is 4. The number of aliphatic hydroxyl groups excluding tert-OH is 1. The summed E-state index contributed by atoms with van der Waals surface area (Å²) in [5.74, 6) is 1.48. The predicted molar refractivity (Wildman–Crippen MR) is 58.2 cm³/mol. The van der Waals surface area contributed by atoms with Crippen LogP contribution in [0.4, 0.5) is 4.79 Å². The van der Waals surface area contributed by atoms with Gasteiger partial charge in [0.25, 0.3) is 0 Å². The molecule has 90 valence electrons. The van der Waals surface area contributed by atoms with Gasteiger partial charge in [-0.3, -0.25) is 0 Å². The number of ether oxygens (including phenoxy) is 1. The molecule has 5 nitrogen and oxygen atoms in total. The Morgan fingerprint density at radius 3 is 2.81 bits per heavy atom. The third-order valence-electron chi connectivity index (χ3n) is 2.31. The number of furan rings is 1. The van der Waals surface area contributed by atoms with Crippen LogP contribution in [0.3, 0.4) is 0 Å². The fourth-order valence-corrected chi connectivity index (χ4v) is 1.52. The van der Waals surface area contributed by atoms with Gasteiger partial charge in [-0.25, -0.2) is 4.79 Å². The van der Waals surface area contributed by atoms with E-state index in [1.807, 2.05) is 6.92 Å². The van der Waals surface area contributed by atoms with Gasteiger partial charge in [0.1, 0.15) is 11.5 Å². The highest BCUT2D eigenvalue weighted by Crippen LogP contribution is 2.23. The summed E-state index contributed by atoms with van der Waals surface area (Å²) in [6.45, 7) is 3.99. The van der Waals surface area contributed by atoms with E-state index < -0.39 is 12.2 Å². The fraction of sp³-hybridized carbons (Fsp3) is 0.545. The van der Waals surface area contributed by atoms with Crippen molar-refractivity contribution >= 4 is 6.09 Å². The molecule has 1 heterocycles. The minimum absolute atomic E-state index is 0.359. The standard InChI is InChI=1S/C11H17NO4/c1-7-6-9(8(2)16-7)10(13)4-5-12-11(14)15-3/h6,10,13H,4-5H2,1-3H3,(H,12,14). The lowest BCUT2D eigenvalue weighted by molar-refractivity contribution is 0.154. The summed E-state index contributed by atoms with van der Waals surface area (Å²) >= 11 is 0. The van der Waals surface area contributed by atoms with E-state index in [9.17, 15) is 9.90 Å². The van der Waals surface area contributed by atoms with Crippen LogP contribution in [0.25, 0.3) is 0 Å². The van der Waals surface area contributed by atoms with Crippen LogP contribution in [0, 0.1) is 13.8 Å². The predicted octanol–water partition coefficient (Wildman–Crippen LogP) is 1.68. The average Bonchev–Trinajstić information content (AvgIpc) is 2.57. The molecule has 0 radical (unpaired) electrons.